The van der Waals surface area contributed by atoms with E-state index in [0.29, 0.717) is 18.2 Å². The second-order valence-corrected chi connectivity index (χ2v) is 8.52. The molecular formula is C23H27N7O2. The molecule has 2 fully saturated rings. The molecule has 9 heteroatoms. The van der Waals surface area contributed by atoms with Crippen molar-refractivity contribution in [3.63, 3.8) is 0 Å². The highest BCUT2D eigenvalue weighted by Crippen LogP contribution is 2.20. The SMILES string of the molecule is CCc1cc2ncc(CN3CCN(c4cnc(C(=O)NC5CC5)cn4)CC3)cc2[nH]c1=O. The summed E-state index contributed by atoms with van der Waals surface area (Å²) >= 11 is 0. The van der Waals surface area contributed by atoms with E-state index >= 15 is 0 Å². The van der Waals surface area contributed by atoms with E-state index in [-0.39, 0.29) is 11.5 Å². The molecule has 9 nitrogen and oxygen atoms in total. The van der Waals surface area contributed by atoms with Gasteiger partial charge in [-0.25, -0.2) is 9.97 Å². The highest BCUT2D eigenvalue weighted by molar-refractivity contribution is 5.92. The molecule has 1 saturated carbocycles. The summed E-state index contributed by atoms with van der Waals surface area (Å²) in [5.74, 6) is 0.650. The van der Waals surface area contributed by atoms with Gasteiger partial charge in [-0.15, -0.1) is 0 Å². The molecule has 0 bridgehead atoms. The van der Waals surface area contributed by atoms with Crippen LogP contribution in [-0.2, 0) is 13.0 Å². The highest BCUT2D eigenvalue weighted by atomic mass is 16.2. The molecule has 0 atom stereocenters. The van der Waals surface area contributed by atoms with E-state index in [4.69, 9.17) is 0 Å². The van der Waals surface area contributed by atoms with Crippen LogP contribution in [0.1, 0.15) is 41.4 Å². The van der Waals surface area contributed by atoms with Crippen molar-refractivity contribution in [2.45, 2.75) is 38.8 Å². The number of aromatic nitrogens is 4. The van der Waals surface area contributed by atoms with Gasteiger partial charge in [0.15, 0.2) is 0 Å². The molecule has 32 heavy (non-hydrogen) atoms. The maximum atomic E-state index is 12.1. The van der Waals surface area contributed by atoms with E-state index in [9.17, 15) is 9.59 Å². The van der Waals surface area contributed by atoms with Crippen LogP contribution in [0.15, 0.2) is 35.5 Å². The monoisotopic (exact) mass is 433 g/mol. The Morgan fingerprint density at radius 3 is 2.59 bits per heavy atom. The van der Waals surface area contributed by atoms with E-state index in [1.54, 1.807) is 12.4 Å². The molecule has 166 valence electrons. The maximum absolute atomic E-state index is 12.1. The Bertz CT molecular complexity index is 1180. The zero-order chi connectivity index (χ0) is 22.1. The Kier molecular flexibility index (Phi) is 5.57. The first-order valence-corrected chi connectivity index (χ1v) is 11.2. The van der Waals surface area contributed by atoms with Gasteiger partial charge in [0, 0.05) is 50.5 Å². The van der Waals surface area contributed by atoms with Crippen LogP contribution in [-0.4, -0.2) is 63.0 Å². The Hall–Kier alpha value is -3.33. The molecule has 1 amide bonds. The molecule has 1 saturated heterocycles. The number of piperazine rings is 1. The van der Waals surface area contributed by atoms with Gasteiger partial charge in [0.1, 0.15) is 11.5 Å². The average molecular weight is 434 g/mol. The summed E-state index contributed by atoms with van der Waals surface area (Å²) in [5, 5.41) is 2.93. The lowest BCUT2D eigenvalue weighted by Gasteiger charge is -2.35. The van der Waals surface area contributed by atoms with Crippen LogP contribution >= 0.6 is 0 Å². The number of hydrogen-bond donors (Lipinski definition) is 2. The first-order chi connectivity index (χ1) is 15.6. The van der Waals surface area contributed by atoms with Crippen molar-refractivity contribution in [2.24, 2.45) is 0 Å². The van der Waals surface area contributed by atoms with E-state index < -0.39 is 0 Å². The van der Waals surface area contributed by atoms with Crippen molar-refractivity contribution in [3.8, 4) is 0 Å². The van der Waals surface area contributed by atoms with Crippen molar-refractivity contribution in [1.29, 1.82) is 0 Å². The van der Waals surface area contributed by atoms with Crippen LogP contribution in [0.3, 0.4) is 0 Å². The summed E-state index contributed by atoms with van der Waals surface area (Å²) in [6.07, 6.45) is 7.93. The van der Waals surface area contributed by atoms with E-state index in [1.165, 1.54) is 0 Å². The van der Waals surface area contributed by atoms with Crippen LogP contribution in [0.5, 0.6) is 0 Å². The molecule has 3 aromatic heterocycles. The number of rotatable bonds is 6. The second kappa shape index (κ2) is 8.66. The van der Waals surface area contributed by atoms with Crippen LogP contribution in [0.25, 0.3) is 11.0 Å². The third-order valence-electron chi connectivity index (χ3n) is 6.09. The smallest absolute Gasteiger partial charge is 0.271 e. The number of carbonyl (C=O) groups is 1. The number of anilines is 1. The molecule has 4 heterocycles. The summed E-state index contributed by atoms with van der Waals surface area (Å²) in [5.41, 5.74) is 3.77. The lowest BCUT2D eigenvalue weighted by molar-refractivity contribution is 0.0945. The minimum absolute atomic E-state index is 0.0373. The van der Waals surface area contributed by atoms with Crippen molar-refractivity contribution in [3.05, 3.63) is 57.9 Å². The first-order valence-electron chi connectivity index (χ1n) is 11.2. The first kappa shape index (κ1) is 20.6. The minimum atomic E-state index is -0.146. The van der Waals surface area contributed by atoms with Gasteiger partial charge in [0.25, 0.3) is 11.5 Å². The standard InChI is InChI=1S/C23H27N7O2/c1-2-16-10-18-19(28-22(16)31)9-15(11-24-18)14-29-5-7-30(8-6-29)21-13-25-20(12-26-21)23(32)27-17-3-4-17/h9-13,17H,2-8,14H2,1H3,(H,27,32)(H,28,31). The van der Waals surface area contributed by atoms with Gasteiger partial charge in [-0.1, -0.05) is 6.92 Å². The third kappa shape index (κ3) is 4.47. The number of hydrogen-bond acceptors (Lipinski definition) is 7. The fraction of sp³-hybridized carbons (Fsp3) is 0.435. The van der Waals surface area contributed by atoms with Gasteiger partial charge in [0.05, 0.1) is 23.4 Å². The van der Waals surface area contributed by atoms with Crippen molar-refractivity contribution in [1.82, 2.24) is 30.2 Å². The summed E-state index contributed by atoms with van der Waals surface area (Å²) in [4.78, 5) is 45.0. The van der Waals surface area contributed by atoms with E-state index in [2.05, 4.69) is 35.1 Å². The largest absolute Gasteiger partial charge is 0.353 e. The normalized spacial score (nSPS) is 17.0. The topological polar surface area (TPSA) is 107 Å². The minimum Gasteiger partial charge on any atom is -0.353 e. The Morgan fingerprint density at radius 1 is 1.09 bits per heavy atom. The van der Waals surface area contributed by atoms with Gasteiger partial charge in [-0.2, -0.15) is 0 Å². The number of nitrogens with one attached hydrogen (secondary N) is 2. The molecule has 1 aliphatic heterocycles. The summed E-state index contributed by atoms with van der Waals surface area (Å²) in [7, 11) is 0. The number of nitrogens with zero attached hydrogens (tertiary/aromatic N) is 5. The van der Waals surface area contributed by atoms with Gasteiger partial charge in [-0.3, -0.25) is 19.5 Å². The zero-order valence-corrected chi connectivity index (χ0v) is 18.2. The predicted molar refractivity (Wildman–Crippen MR) is 122 cm³/mol. The summed E-state index contributed by atoms with van der Waals surface area (Å²) in [6, 6.07) is 4.20. The summed E-state index contributed by atoms with van der Waals surface area (Å²) in [6.45, 7) is 6.18. The van der Waals surface area contributed by atoms with Crippen LogP contribution in [0, 0.1) is 0 Å². The van der Waals surface area contributed by atoms with E-state index in [1.807, 2.05) is 25.3 Å². The number of carbonyl (C=O) groups excluding carboxylic acids is 1. The van der Waals surface area contributed by atoms with Gasteiger partial charge in [0.2, 0.25) is 0 Å². The highest BCUT2D eigenvalue weighted by Gasteiger charge is 2.25. The molecule has 2 N–H and O–H groups in total. The number of aromatic amines is 1. The lowest BCUT2D eigenvalue weighted by atomic mass is 10.1. The van der Waals surface area contributed by atoms with Crippen LogP contribution in [0.4, 0.5) is 5.82 Å². The van der Waals surface area contributed by atoms with Crippen LogP contribution < -0.4 is 15.8 Å². The number of H-pyrrole nitrogens is 1. The van der Waals surface area contributed by atoms with Gasteiger partial charge < -0.3 is 15.2 Å². The summed E-state index contributed by atoms with van der Waals surface area (Å²) < 4.78 is 0. The Morgan fingerprint density at radius 2 is 1.91 bits per heavy atom. The fourth-order valence-electron chi connectivity index (χ4n) is 4.00. The fourth-order valence-corrected chi connectivity index (χ4v) is 4.00. The molecule has 2 aliphatic rings. The molecule has 0 aromatic carbocycles. The van der Waals surface area contributed by atoms with E-state index in [0.717, 1.165) is 73.5 Å². The molecular weight excluding hydrogens is 406 g/mol. The lowest BCUT2D eigenvalue weighted by Crippen LogP contribution is -2.46. The molecule has 1 aliphatic carbocycles. The van der Waals surface area contributed by atoms with Crippen molar-refractivity contribution in [2.75, 3.05) is 31.1 Å². The third-order valence-corrected chi connectivity index (χ3v) is 6.09. The number of aryl methyl sites for hydroxylation is 1. The molecule has 0 unspecified atom stereocenters. The van der Waals surface area contributed by atoms with Crippen molar-refractivity contribution < 1.29 is 4.79 Å². The average Bonchev–Trinajstić information content (AvgIpc) is 3.63. The zero-order valence-electron chi connectivity index (χ0n) is 18.2. The van der Waals surface area contributed by atoms with Gasteiger partial charge in [-0.05, 0) is 37.0 Å². The molecule has 5 rings (SSSR count). The second-order valence-electron chi connectivity index (χ2n) is 8.52. The van der Waals surface area contributed by atoms with Gasteiger partial charge >= 0.3 is 0 Å². The number of pyridine rings is 2. The molecule has 0 spiro atoms. The number of fused-ring (bicyclic) bond motifs is 1. The predicted octanol–water partition coefficient (Wildman–Crippen LogP) is 1.49. The number of amides is 1. The van der Waals surface area contributed by atoms with Crippen molar-refractivity contribution >= 4 is 22.8 Å². The molecule has 3 aromatic rings. The maximum Gasteiger partial charge on any atom is 0.271 e. The Balaban J connectivity index is 1.18. The van der Waals surface area contributed by atoms with Crippen LogP contribution in [0.2, 0.25) is 0 Å². The molecule has 0 radical (unpaired) electrons. The quantitative estimate of drug-likeness (QED) is 0.606. The Labute approximate surface area is 185 Å².